The highest BCUT2D eigenvalue weighted by Crippen LogP contribution is 2.28. The largest absolute Gasteiger partial charge is 0.417 e. The number of rotatable bonds is 8. The molecule has 0 amide bonds. The van der Waals surface area contributed by atoms with Gasteiger partial charge in [0.15, 0.2) is 5.96 Å². The standard InChI is InChI=1S/C19H30F3N5O.HI/c1-23-18(27(2)11-6-15-7-12-28-13-8-15)25-10-3-9-24-17-5-4-16(14-26-17)19(20,21)22;/h4-5,14-15H,3,6-13H2,1-2H3,(H,23,25)(H,24,26);1H. The second kappa shape index (κ2) is 13.1. The van der Waals surface area contributed by atoms with E-state index in [0.717, 1.165) is 69.6 Å². The molecule has 0 spiro atoms. The molecule has 0 atom stereocenters. The summed E-state index contributed by atoms with van der Waals surface area (Å²) in [4.78, 5) is 10.2. The molecule has 0 aromatic carbocycles. The Morgan fingerprint density at radius 3 is 2.59 bits per heavy atom. The molecule has 0 bridgehead atoms. The van der Waals surface area contributed by atoms with Gasteiger partial charge in [-0.15, -0.1) is 24.0 Å². The first-order chi connectivity index (χ1) is 13.4. The zero-order valence-electron chi connectivity index (χ0n) is 17.0. The summed E-state index contributed by atoms with van der Waals surface area (Å²) in [5.41, 5.74) is -0.743. The molecule has 2 rings (SSSR count). The van der Waals surface area contributed by atoms with E-state index in [1.165, 1.54) is 6.07 Å². The third-order valence-corrected chi connectivity index (χ3v) is 4.82. The van der Waals surface area contributed by atoms with Gasteiger partial charge in [-0.25, -0.2) is 4.98 Å². The van der Waals surface area contributed by atoms with Crippen LogP contribution < -0.4 is 10.6 Å². The van der Waals surface area contributed by atoms with Gasteiger partial charge >= 0.3 is 6.18 Å². The maximum Gasteiger partial charge on any atom is 0.417 e. The van der Waals surface area contributed by atoms with Gasteiger partial charge in [0.1, 0.15) is 5.82 Å². The zero-order valence-corrected chi connectivity index (χ0v) is 19.3. The maximum atomic E-state index is 12.5. The van der Waals surface area contributed by atoms with Crippen LogP contribution in [-0.2, 0) is 10.9 Å². The van der Waals surface area contributed by atoms with Crippen LogP contribution in [0.1, 0.15) is 31.2 Å². The number of alkyl halides is 3. The van der Waals surface area contributed by atoms with E-state index in [1.54, 1.807) is 7.05 Å². The number of nitrogens with one attached hydrogen (secondary N) is 2. The molecule has 1 aromatic rings. The van der Waals surface area contributed by atoms with Gasteiger partial charge in [-0.1, -0.05) is 0 Å². The molecule has 29 heavy (non-hydrogen) atoms. The Labute approximate surface area is 187 Å². The van der Waals surface area contributed by atoms with Crippen LogP contribution in [0.15, 0.2) is 23.3 Å². The minimum atomic E-state index is -4.36. The van der Waals surface area contributed by atoms with Gasteiger partial charge in [-0.2, -0.15) is 13.2 Å². The lowest BCUT2D eigenvalue weighted by atomic mass is 9.96. The predicted octanol–water partition coefficient (Wildman–Crippen LogP) is 3.84. The quantitative estimate of drug-likeness (QED) is 0.232. The molecule has 1 aromatic heterocycles. The van der Waals surface area contributed by atoms with Gasteiger partial charge < -0.3 is 20.3 Å². The lowest BCUT2D eigenvalue weighted by molar-refractivity contribution is -0.137. The molecule has 0 saturated carbocycles. The van der Waals surface area contributed by atoms with Crippen molar-refractivity contribution in [1.82, 2.24) is 15.2 Å². The molecular formula is C19H31F3IN5O. The van der Waals surface area contributed by atoms with Crippen LogP contribution in [0.5, 0.6) is 0 Å². The highest BCUT2D eigenvalue weighted by Gasteiger charge is 2.30. The van der Waals surface area contributed by atoms with E-state index in [1.807, 2.05) is 7.05 Å². The molecule has 0 radical (unpaired) electrons. The molecule has 2 N–H and O–H groups in total. The first kappa shape index (κ1) is 25.7. The number of anilines is 1. The molecule has 10 heteroatoms. The SMILES string of the molecule is CN=C(NCCCNc1ccc(C(F)(F)F)cn1)N(C)CCC1CCOCC1.I. The van der Waals surface area contributed by atoms with Gasteiger partial charge in [-0.3, -0.25) is 4.99 Å². The van der Waals surface area contributed by atoms with E-state index >= 15 is 0 Å². The third-order valence-electron chi connectivity index (χ3n) is 4.82. The van der Waals surface area contributed by atoms with Crippen molar-refractivity contribution in [2.24, 2.45) is 10.9 Å². The van der Waals surface area contributed by atoms with Crippen LogP contribution in [0.25, 0.3) is 0 Å². The fraction of sp³-hybridized carbons (Fsp3) is 0.684. The third kappa shape index (κ3) is 9.37. The molecular weight excluding hydrogens is 498 g/mol. The number of pyridine rings is 1. The molecule has 166 valence electrons. The maximum absolute atomic E-state index is 12.5. The Morgan fingerprint density at radius 2 is 2.00 bits per heavy atom. The van der Waals surface area contributed by atoms with Crippen molar-refractivity contribution >= 4 is 35.8 Å². The Morgan fingerprint density at radius 1 is 1.28 bits per heavy atom. The van der Waals surface area contributed by atoms with Gasteiger partial charge in [0.2, 0.25) is 0 Å². The topological polar surface area (TPSA) is 61.8 Å². The number of aromatic nitrogens is 1. The molecule has 1 aliphatic rings. The Bertz CT molecular complexity index is 607. The molecule has 0 aliphatic carbocycles. The predicted molar refractivity (Wildman–Crippen MR) is 120 cm³/mol. The highest BCUT2D eigenvalue weighted by molar-refractivity contribution is 14.0. The van der Waals surface area contributed by atoms with Crippen molar-refractivity contribution in [1.29, 1.82) is 0 Å². The van der Waals surface area contributed by atoms with Gasteiger partial charge in [-0.05, 0) is 43.7 Å². The van der Waals surface area contributed by atoms with E-state index < -0.39 is 11.7 Å². The average Bonchev–Trinajstić information content (AvgIpc) is 2.69. The van der Waals surface area contributed by atoms with Gasteiger partial charge in [0, 0.05) is 53.1 Å². The van der Waals surface area contributed by atoms with Crippen molar-refractivity contribution in [3.8, 4) is 0 Å². The highest BCUT2D eigenvalue weighted by atomic mass is 127. The minimum absolute atomic E-state index is 0. The number of aliphatic imine (C=N–C) groups is 1. The number of ether oxygens (including phenoxy) is 1. The first-order valence-corrected chi connectivity index (χ1v) is 9.67. The summed E-state index contributed by atoms with van der Waals surface area (Å²) in [6, 6.07) is 2.38. The summed E-state index contributed by atoms with van der Waals surface area (Å²) in [6.45, 7) is 3.98. The number of hydrogen-bond acceptors (Lipinski definition) is 4. The molecule has 2 heterocycles. The number of hydrogen-bond donors (Lipinski definition) is 2. The van der Waals surface area contributed by atoms with E-state index in [-0.39, 0.29) is 24.0 Å². The van der Waals surface area contributed by atoms with E-state index in [9.17, 15) is 13.2 Å². The van der Waals surface area contributed by atoms with Crippen molar-refractivity contribution in [3.05, 3.63) is 23.9 Å². The fourth-order valence-corrected chi connectivity index (χ4v) is 3.07. The van der Waals surface area contributed by atoms with Crippen molar-refractivity contribution in [2.45, 2.75) is 31.9 Å². The monoisotopic (exact) mass is 529 g/mol. The molecule has 1 aliphatic heterocycles. The first-order valence-electron chi connectivity index (χ1n) is 9.67. The average molecular weight is 529 g/mol. The van der Waals surface area contributed by atoms with Crippen LogP contribution in [0.2, 0.25) is 0 Å². The van der Waals surface area contributed by atoms with Crippen molar-refractivity contribution < 1.29 is 17.9 Å². The molecule has 6 nitrogen and oxygen atoms in total. The van der Waals surface area contributed by atoms with Crippen LogP contribution in [0.3, 0.4) is 0 Å². The second-order valence-corrected chi connectivity index (χ2v) is 6.95. The van der Waals surface area contributed by atoms with Gasteiger partial charge in [0.05, 0.1) is 5.56 Å². The Hall–Kier alpha value is -1.30. The number of halogens is 4. The smallest absolute Gasteiger partial charge is 0.381 e. The fourth-order valence-electron chi connectivity index (χ4n) is 3.07. The van der Waals surface area contributed by atoms with Crippen LogP contribution in [0.4, 0.5) is 19.0 Å². The van der Waals surface area contributed by atoms with Crippen molar-refractivity contribution in [3.63, 3.8) is 0 Å². The van der Waals surface area contributed by atoms with E-state index in [4.69, 9.17) is 4.74 Å². The minimum Gasteiger partial charge on any atom is -0.381 e. The van der Waals surface area contributed by atoms with Crippen LogP contribution in [-0.4, -0.2) is 62.8 Å². The summed E-state index contributed by atoms with van der Waals surface area (Å²) in [7, 11) is 3.79. The van der Waals surface area contributed by atoms with Crippen LogP contribution >= 0.6 is 24.0 Å². The summed E-state index contributed by atoms with van der Waals surface area (Å²) in [6.07, 6.45) is 0.655. The summed E-state index contributed by atoms with van der Waals surface area (Å²) < 4.78 is 42.9. The number of guanidine groups is 1. The van der Waals surface area contributed by atoms with Crippen LogP contribution in [0, 0.1) is 5.92 Å². The van der Waals surface area contributed by atoms with Crippen molar-refractivity contribution in [2.75, 3.05) is 52.3 Å². The van der Waals surface area contributed by atoms with E-state index in [2.05, 4.69) is 25.5 Å². The summed E-state index contributed by atoms with van der Waals surface area (Å²) in [5, 5.41) is 6.34. The Balaban J connectivity index is 0.00000420. The lowest BCUT2D eigenvalue weighted by Gasteiger charge is -2.26. The summed E-state index contributed by atoms with van der Waals surface area (Å²) in [5.74, 6) is 2.00. The molecule has 1 fully saturated rings. The number of nitrogens with zero attached hydrogens (tertiary/aromatic N) is 3. The zero-order chi connectivity index (χ0) is 20.4. The lowest BCUT2D eigenvalue weighted by Crippen LogP contribution is -2.40. The van der Waals surface area contributed by atoms with Gasteiger partial charge in [0.25, 0.3) is 0 Å². The Kier molecular flexibility index (Phi) is 11.6. The molecule has 0 unspecified atom stereocenters. The van der Waals surface area contributed by atoms with E-state index in [0.29, 0.717) is 18.9 Å². The normalized spacial score (nSPS) is 15.6. The summed E-state index contributed by atoms with van der Waals surface area (Å²) >= 11 is 0. The molecule has 1 saturated heterocycles. The second-order valence-electron chi connectivity index (χ2n) is 6.95.